The predicted molar refractivity (Wildman–Crippen MR) is 75.1 cm³/mol. The van der Waals surface area contributed by atoms with Gasteiger partial charge in [-0.1, -0.05) is 31.6 Å². The summed E-state index contributed by atoms with van der Waals surface area (Å²) in [5, 5.41) is 0. The van der Waals surface area contributed by atoms with E-state index in [4.69, 9.17) is 0 Å². The molecule has 0 atom stereocenters. The quantitative estimate of drug-likeness (QED) is 0.818. The molecule has 0 saturated heterocycles. The van der Waals surface area contributed by atoms with Crippen molar-refractivity contribution in [1.82, 2.24) is 15.8 Å². The first-order valence-electron chi connectivity index (χ1n) is 6.34. The molecule has 2 N–H and O–H groups in total. The van der Waals surface area contributed by atoms with Crippen molar-refractivity contribution in [3.8, 4) is 0 Å². The highest BCUT2D eigenvalue weighted by atomic mass is 16.2. The summed E-state index contributed by atoms with van der Waals surface area (Å²) < 4.78 is 0. The minimum absolute atomic E-state index is 0.108. The molecule has 0 spiro atoms. The number of carbonyl (C=O) groups is 1. The van der Waals surface area contributed by atoms with Gasteiger partial charge < -0.3 is 0 Å². The minimum Gasteiger partial charge on any atom is -0.299 e. The Kier molecular flexibility index (Phi) is 3.69. The Bertz CT molecular complexity index is 530. The molecule has 1 amide bonds. The van der Waals surface area contributed by atoms with Gasteiger partial charge in [0.25, 0.3) is 5.91 Å². The van der Waals surface area contributed by atoms with Crippen LogP contribution in [-0.2, 0) is 0 Å². The van der Waals surface area contributed by atoms with Gasteiger partial charge in [-0.25, -0.2) is 0 Å². The maximum absolute atomic E-state index is 11.8. The molecular formula is C15H19N3O. The number of aromatic nitrogens is 1. The van der Waals surface area contributed by atoms with Crippen LogP contribution in [0.5, 0.6) is 0 Å². The van der Waals surface area contributed by atoms with E-state index in [-0.39, 0.29) is 11.3 Å². The predicted octanol–water partition coefficient (Wildman–Crippen LogP) is 2.58. The van der Waals surface area contributed by atoms with Crippen LogP contribution < -0.4 is 10.9 Å². The number of rotatable bonds is 3. The Labute approximate surface area is 113 Å². The molecule has 0 unspecified atom stereocenters. The SMILES string of the molecule is CC1=CC(NNC(=O)c2ccccn2)=CC(C)(C)C1. The summed E-state index contributed by atoms with van der Waals surface area (Å²) in [7, 11) is 0. The van der Waals surface area contributed by atoms with Crippen molar-refractivity contribution in [3.05, 3.63) is 53.5 Å². The van der Waals surface area contributed by atoms with Crippen LogP contribution in [0.3, 0.4) is 0 Å². The normalized spacial score (nSPS) is 17.2. The summed E-state index contributed by atoms with van der Waals surface area (Å²) in [6, 6.07) is 5.24. The van der Waals surface area contributed by atoms with Gasteiger partial charge in [0, 0.05) is 6.20 Å². The van der Waals surface area contributed by atoms with Crippen molar-refractivity contribution >= 4 is 5.91 Å². The third-order valence-corrected chi connectivity index (χ3v) is 2.90. The molecule has 1 aromatic rings. The van der Waals surface area contributed by atoms with E-state index in [1.807, 2.05) is 6.08 Å². The van der Waals surface area contributed by atoms with Gasteiger partial charge in [0.2, 0.25) is 0 Å². The van der Waals surface area contributed by atoms with Gasteiger partial charge in [-0.05, 0) is 37.0 Å². The maximum Gasteiger partial charge on any atom is 0.288 e. The van der Waals surface area contributed by atoms with Crippen LogP contribution in [0.2, 0.25) is 0 Å². The van der Waals surface area contributed by atoms with E-state index in [1.165, 1.54) is 5.57 Å². The van der Waals surface area contributed by atoms with Gasteiger partial charge in [0.05, 0.1) is 5.70 Å². The Morgan fingerprint density at radius 3 is 2.79 bits per heavy atom. The highest BCUT2D eigenvalue weighted by molar-refractivity contribution is 5.91. The second kappa shape index (κ2) is 5.26. The van der Waals surface area contributed by atoms with E-state index in [9.17, 15) is 4.79 Å². The topological polar surface area (TPSA) is 54.0 Å². The van der Waals surface area contributed by atoms with Crippen molar-refractivity contribution in [1.29, 1.82) is 0 Å². The van der Waals surface area contributed by atoms with E-state index in [1.54, 1.807) is 24.4 Å². The number of hydrogen-bond acceptors (Lipinski definition) is 3. The third kappa shape index (κ3) is 3.68. The lowest BCUT2D eigenvalue weighted by molar-refractivity contribution is 0.0934. The molecule has 100 valence electrons. The van der Waals surface area contributed by atoms with Crippen LogP contribution in [0.1, 0.15) is 37.7 Å². The summed E-state index contributed by atoms with van der Waals surface area (Å²) >= 11 is 0. The molecule has 0 aromatic carbocycles. The summed E-state index contributed by atoms with van der Waals surface area (Å²) in [5.74, 6) is -0.240. The second-order valence-corrected chi connectivity index (χ2v) is 5.55. The molecule has 0 fully saturated rings. The lowest BCUT2D eigenvalue weighted by Gasteiger charge is -2.27. The molecular weight excluding hydrogens is 238 g/mol. The van der Waals surface area contributed by atoms with Crippen LogP contribution in [0, 0.1) is 5.41 Å². The molecule has 0 bridgehead atoms. The van der Waals surface area contributed by atoms with E-state index in [0.29, 0.717) is 5.69 Å². The molecule has 4 nitrogen and oxygen atoms in total. The van der Waals surface area contributed by atoms with E-state index >= 15 is 0 Å². The molecule has 1 heterocycles. The van der Waals surface area contributed by atoms with Crippen LogP contribution in [0.4, 0.5) is 0 Å². The number of amides is 1. The number of hydrogen-bond donors (Lipinski definition) is 2. The Balaban J connectivity index is 2.00. The van der Waals surface area contributed by atoms with Gasteiger partial charge in [-0.2, -0.15) is 0 Å². The van der Waals surface area contributed by atoms with E-state index in [0.717, 1.165) is 12.1 Å². The molecule has 1 aliphatic rings. The zero-order valence-corrected chi connectivity index (χ0v) is 11.5. The highest BCUT2D eigenvalue weighted by Gasteiger charge is 2.20. The first kappa shape index (κ1) is 13.3. The summed E-state index contributed by atoms with van der Waals surface area (Å²) in [6.07, 6.45) is 6.80. The molecule has 1 aromatic heterocycles. The fourth-order valence-electron chi connectivity index (χ4n) is 2.31. The third-order valence-electron chi connectivity index (χ3n) is 2.90. The number of carbonyl (C=O) groups excluding carboxylic acids is 1. The van der Waals surface area contributed by atoms with Gasteiger partial charge in [0.15, 0.2) is 0 Å². The summed E-state index contributed by atoms with van der Waals surface area (Å²) in [4.78, 5) is 15.8. The zero-order valence-electron chi connectivity index (χ0n) is 11.5. The number of hydrazine groups is 1. The zero-order chi connectivity index (χ0) is 13.9. The Morgan fingerprint density at radius 2 is 2.16 bits per heavy atom. The average Bonchev–Trinajstić information content (AvgIpc) is 2.34. The van der Waals surface area contributed by atoms with Crippen LogP contribution in [0.15, 0.2) is 47.8 Å². The minimum atomic E-state index is -0.240. The first-order valence-corrected chi connectivity index (χ1v) is 6.34. The summed E-state index contributed by atoms with van der Waals surface area (Å²) in [6.45, 7) is 6.44. The van der Waals surface area contributed by atoms with Gasteiger partial charge >= 0.3 is 0 Å². The van der Waals surface area contributed by atoms with Gasteiger partial charge in [-0.3, -0.25) is 20.6 Å². The standard InChI is InChI=1S/C15H19N3O/c1-11-8-12(10-15(2,3)9-11)17-18-14(19)13-6-4-5-7-16-13/h4-8,10,17H,9H2,1-3H3,(H,18,19). The highest BCUT2D eigenvalue weighted by Crippen LogP contribution is 2.31. The molecule has 0 saturated carbocycles. The smallest absolute Gasteiger partial charge is 0.288 e. The van der Waals surface area contributed by atoms with Crippen molar-refractivity contribution in [2.75, 3.05) is 0 Å². The number of nitrogens with one attached hydrogen (secondary N) is 2. The average molecular weight is 257 g/mol. The Morgan fingerprint density at radius 1 is 1.37 bits per heavy atom. The van der Waals surface area contributed by atoms with Crippen LogP contribution >= 0.6 is 0 Å². The largest absolute Gasteiger partial charge is 0.299 e. The monoisotopic (exact) mass is 257 g/mol. The molecule has 1 aliphatic carbocycles. The second-order valence-electron chi connectivity index (χ2n) is 5.55. The lowest BCUT2D eigenvalue weighted by Crippen LogP contribution is -2.38. The van der Waals surface area contributed by atoms with Gasteiger partial charge in [0.1, 0.15) is 5.69 Å². The fourth-order valence-corrected chi connectivity index (χ4v) is 2.31. The van der Waals surface area contributed by atoms with Crippen molar-refractivity contribution < 1.29 is 4.79 Å². The fraction of sp³-hybridized carbons (Fsp3) is 0.333. The molecule has 0 radical (unpaired) electrons. The number of nitrogens with zero attached hydrogens (tertiary/aromatic N) is 1. The molecule has 2 rings (SSSR count). The Hall–Kier alpha value is -2.10. The molecule has 4 heteroatoms. The first-order chi connectivity index (χ1) is 8.96. The molecule has 0 aliphatic heterocycles. The number of allylic oxidation sites excluding steroid dienone is 3. The van der Waals surface area contributed by atoms with Crippen molar-refractivity contribution in [2.45, 2.75) is 27.2 Å². The van der Waals surface area contributed by atoms with Crippen LogP contribution in [0.25, 0.3) is 0 Å². The molecule has 19 heavy (non-hydrogen) atoms. The number of pyridine rings is 1. The summed E-state index contributed by atoms with van der Waals surface area (Å²) in [5.41, 5.74) is 8.33. The van der Waals surface area contributed by atoms with Gasteiger partial charge in [-0.15, -0.1) is 0 Å². The maximum atomic E-state index is 11.8. The van der Waals surface area contributed by atoms with E-state index < -0.39 is 0 Å². The van der Waals surface area contributed by atoms with Crippen molar-refractivity contribution in [3.63, 3.8) is 0 Å². The lowest BCUT2D eigenvalue weighted by atomic mass is 9.82. The van der Waals surface area contributed by atoms with Crippen LogP contribution in [-0.4, -0.2) is 10.9 Å². The van der Waals surface area contributed by atoms with E-state index in [2.05, 4.69) is 42.7 Å². The van der Waals surface area contributed by atoms with Crippen molar-refractivity contribution in [2.24, 2.45) is 5.41 Å².